The molecule has 0 atom stereocenters. The van der Waals surface area contributed by atoms with Crippen molar-refractivity contribution in [3.8, 4) is 10.4 Å². The molecule has 0 aliphatic heterocycles. The second-order valence-corrected chi connectivity index (χ2v) is 3.64. The first-order valence-corrected chi connectivity index (χ1v) is 5.20. The van der Waals surface area contributed by atoms with Crippen molar-refractivity contribution in [2.75, 3.05) is 0 Å². The number of nitrogens with zero attached hydrogens (tertiary/aromatic N) is 2. The van der Waals surface area contributed by atoms with Crippen molar-refractivity contribution in [3.05, 3.63) is 30.7 Å². The normalized spacial score (nSPS) is 10.4. The van der Waals surface area contributed by atoms with E-state index in [1.165, 1.54) is 11.5 Å². The van der Waals surface area contributed by atoms with Crippen molar-refractivity contribution < 1.29 is 28.1 Å². The van der Waals surface area contributed by atoms with E-state index in [1.807, 2.05) is 24.5 Å². The Morgan fingerprint density at radius 3 is 2.28 bits per heavy atom. The maximum Gasteiger partial charge on any atom is 0.430 e. The molecular formula is C9H6F3N3O2S. The van der Waals surface area contributed by atoms with Gasteiger partial charge in [-0.1, -0.05) is 4.49 Å². The molecule has 0 spiro atoms. The van der Waals surface area contributed by atoms with Crippen LogP contribution in [0, 0.1) is 0 Å². The van der Waals surface area contributed by atoms with Gasteiger partial charge < -0.3 is 9.90 Å². The molecule has 0 aromatic carbocycles. The van der Waals surface area contributed by atoms with Gasteiger partial charge in [-0.25, -0.2) is 4.98 Å². The summed E-state index contributed by atoms with van der Waals surface area (Å²) in [7, 11) is 0. The molecule has 0 unspecified atom stereocenters. The van der Waals surface area contributed by atoms with Gasteiger partial charge in [-0.2, -0.15) is 13.2 Å². The number of hydrogen-bond donors (Lipinski definition) is 0. The van der Waals surface area contributed by atoms with Gasteiger partial charge in [-0.15, -0.1) is 5.10 Å². The highest BCUT2D eigenvalue weighted by molar-refractivity contribution is 7.09. The number of pyridine rings is 1. The summed E-state index contributed by atoms with van der Waals surface area (Å²) in [5.74, 6) is -3.01. The molecule has 0 bridgehead atoms. The van der Waals surface area contributed by atoms with Crippen molar-refractivity contribution in [3.63, 3.8) is 0 Å². The minimum absolute atomic E-state index is 1.10. The third kappa shape index (κ3) is 4.45. The van der Waals surface area contributed by atoms with Crippen LogP contribution >= 0.6 is 11.5 Å². The molecule has 1 N–H and O–H groups in total. The van der Waals surface area contributed by atoms with Crippen LogP contribution in [0.4, 0.5) is 13.2 Å². The molecule has 2 rings (SSSR count). The number of nitrogens with one attached hydrogen (secondary N) is 1. The van der Waals surface area contributed by atoms with Gasteiger partial charge in [-0.05, 0) is 11.5 Å². The first-order chi connectivity index (χ1) is 8.41. The molecule has 5 nitrogen and oxygen atoms in total. The largest absolute Gasteiger partial charge is 0.542 e. The summed E-state index contributed by atoms with van der Waals surface area (Å²) in [5.41, 5.74) is 1.15. The lowest BCUT2D eigenvalue weighted by Gasteiger charge is -2.03. The number of aromatic amines is 1. The first-order valence-electron chi connectivity index (χ1n) is 4.43. The van der Waals surface area contributed by atoms with Crippen LogP contribution in [-0.2, 0) is 4.79 Å². The summed E-state index contributed by atoms with van der Waals surface area (Å²) < 4.78 is 35.3. The highest BCUT2D eigenvalue weighted by Gasteiger charge is 2.28. The van der Waals surface area contributed by atoms with Crippen molar-refractivity contribution in [1.82, 2.24) is 9.59 Å². The minimum atomic E-state index is -5.19. The number of carbonyl (C=O) groups is 1. The van der Waals surface area contributed by atoms with Gasteiger partial charge in [0.15, 0.2) is 12.4 Å². The van der Waals surface area contributed by atoms with Crippen molar-refractivity contribution in [1.29, 1.82) is 0 Å². The van der Waals surface area contributed by atoms with Crippen LogP contribution in [0.25, 0.3) is 10.4 Å². The molecule has 0 aliphatic rings. The molecule has 96 valence electrons. The minimum Gasteiger partial charge on any atom is -0.542 e. The summed E-state index contributed by atoms with van der Waals surface area (Å²) in [6.45, 7) is 0. The van der Waals surface area contributed by atoms with Gasteiger partial charge in [0.2, 0.25) is 0 Å². The smallest absolute Gasteiger partial charge is 0.430 e. The third-order valence-corrected chi connectivity index (χ3v) is 2.31. The Kier molecular flexibility index (Phi) is 4.72. The Morgan fingerprint density at radius 1 is 1.33 bits per heavy atom. The fraction of sp³-hybridized carbons (Fsp3) is 0.111. The lowest BCUT2D eigenvalue weighted by molar-refractivity contribution is -0.377. The third-order valence-electron chi connectivity index (χ3n) is 1.60. The molecule has 0 amide bonds. The van der Waals surface area contributed by atoms with Crippen LogP contribution in [0.3, 0.4) is 0 Å². The van der Waals surface area contributed by atoms with E-state index < -0.39 is 12.1 Å². The van der Waals surface area contributed by atoms with Crippen LogP contribution < -0.4 is 10.1 Å². The van der Waals surface area contributed by atoms with Crippen LogP contribution in [0.2, 0.25) is 0 Å². The number of carboxylic acid groups (broad SMARTS) is 1. The van der Waals surface area contributed by atoms with Crippen molar-refractivity contribution in [2.45, 2.75) is 6.18 Å². The average Bonchev–Trinajstić information content (AvgIpc) is 2.83. The predicted molar refractivity (Wildman–Crippen MR) is 53.0 cm³/mol. The highest BCUT2D eigenvalue weighted by Crippen LogP contribution is 2.18. The zero-order valence-corrected chi connectivity index (χ0v) is 9.46. The van der Waals surface area contributed by atoms with E-state index in [4.69, 9.17) is 9.90 Å². The summed E-state index contributed by atoms with van der Waals surface area (Å²) in [5, 5.41) is 12.5. The van der Waals surface area contributed by atoms with Gasteiger partial charge >= 0.3 is 6.18 Å². The van der Waals surface area contributed by atoms with Gasteiger partial charge in [0, 0.05) is 17.7 Å². The first kappa shape index (κ1) is 14.0. The molecule has 2 aromatic rings. The van der Waals surface area contributed by atoms with E-state index in [0.717, 1.165) is 10.4 Å². The van der Waals surface area contributed by atoms with Crippen molar-refractivity contribution in [2.24, 2.45) is 0 Å². The second-order valence-electron chi connectivity index (χ2n) is 2.86. The molecule has 0 fully saturated rings. The zero-order valence-electron chi connectivity index (χ0n) is 8.64. The predicted octanol–water partition coefficient (Wildman–Crippen LogP) is 0.318. The van der Waals surface area contributed by atoms with Gasteiger partial charge in [-0.3, -0.25) is 0 Å². The Morgan fingerprint density at radius 2 is 1.89 bits per heavy atom. The van der Waals surface area contributed by atoms with Crippen LogP contribution in [-0.4, -0.2) is 21.7 Å². The second kappa shape index (κ2) is 6.05. The van der Waals surface area contributed by atoms with Gasteiger partial charge in [0.25, 0.3) is 0 Å². The summed E-state index contributed by atoms with van der Waals surface area (Å²) in [6, 6.07) is 3.99. The lowest BCUT2D eigenvalue weighted by atomic mass is 10.2. The standard InChI is InChI=1S/C7H5N3S.C2HF3O2/c1-3-8-4-2-6(1)7-5-9-10-11-7;3-2(4,5)1(6)7/h1-5H;(H,6,7). The Bertz CT molecular complexity index is 488. The molecule has 2 aromatic heterocycles. The maximum atomic E-state index is 10.5. The Hall–Kier alpha value is -2.03. The summed E-state index contributed by atoms with van der Waals surface area (Å²) in [6.07, 6.45) is 0.337. The average molecular weight is 277 g/mol. The monoisotopic (exact) mass is 277 g/mol. The fourth-order valence-electron chi connectivity index (χ4n) is 0.846. The van der Waals surface area contributed by atoms with E-state index in [2.05, 4.69) is 14.6 Å². The highest BCUT2D eigenvalue weighted by atomic mass is 32.1. The number of rotatable bonds is 1. The van der Waals surface area contributed by atoms with E-state index in [0.29, 0.717) is 0 Å². The quantitative estimate of drug-likeness (QED) is 0.751. The number of alkyl halides is 3. The van der Waals surface area contributed by atoms with Gasteiger partial charge in [0.05, 0.1) is 11.1 Å². The number of carbonyl (C=O) groups excluding carboxylic acids is 1. The Balaban J connectivity index is 0.000000203. The van der Waals surface area contributed by atoms with E-state index in [-0.39, 0.29) is 0 Å². The molecule has 2 heterocycles. The van der Waals surface area contributed by atoms with Crippen LogP contribution in [0.15, 0.2) is 30.7 Å². The molecule has 18 heavy (non-hydrogen) atoms. The van der Waals surface area contributed by atoms with Crippen LogP contribution in [0.5, 0.6) is 0 Å². The molecular weight excluding hydrogens is 271 g/mol. The van der Waals surface area contributed by atoms with Gasteiger partial charge in [0.1, 0.15) is 5.97 Å². The summed E-state index contributed by atoms with van der Waals surface area (Å²) in [4.78, 5) is 12.8. The van der Waals surface area contributed by atoms with Crippen LogP contribution in [0.1, 0.15) is 0 Å². The van der Waals surface area contributed by atoms with E-state index >= 15 is 0 Å². The zero-order chi connectivity index (χ0) is 13.6. The number of H-pyrrole nitrogens is 1. The number of carboxylic acids is 1. The lowest BCUT2D eigenvalue weighted by Crippen LogP contribution is -2.37. The van der Waals surface area contributed by atoms with Crippen molar-refractivity contribution >= 4 is 17.5 Å². The summed E-state index contributed by atoms with van der Waals surface area (Å²) >= 11 is 1.40. The molecule has 0 aliphatic carbocycles. The number of aromatic nitrogens is 3. The number of hydrogen-bond acceptors (Lipinski definition) is 5. The Labute approximate surface area is 103 Å². The maximum absolute atomic E-state index is 10.5. The number of aliphatic carboxylic acids is 1. The SMILES string of the molecule is O=C([O-])C(F)(F)F.c1cc(-c2cnns2)cc[nH+]1. The molecule has 9 heteroatoms. The molecule has 0 radical (unpaired) electrons. The van der Waals surface area contributed by atoms with E-state index in [1.54, 1.807) is 6.20 Å². The van der Waals surface area contributed by atoms with E-state index in [9.17, 15) is 13.2 Å². The molecule has 0 saturated heterocycles. The fourth-order valence-corrected chi connectivity index (χ4v) is 1.36. The number of halogens is 3. The molecule has 0 saturated carbocycles. The topological polar surface area (TPSA) is 80.0 Å².